The minimum Gasteiger partial charge on any atom is -0.433 e. The number of esters is 1. The first-order valence-electron chi connectivity index (χ1n) is 7.99. The van der Waals surface area contributed by atoms with E-state index in [4.69, 9.17) is 4.74 Å². The quantitative estimate of drug-likeness (QED) is 0.666. The minimum atomic E-state index is -3.27. The van der Waals surface area contributed by atoms with Gasteiger partial charge in [-0.25, -0.2) is 8.42 Å². The zero-order chi connectivity index (χ0) is 18.3. The van der Waals surface area contributed by atoms with Crippen molar-refractivity contribution in [3.63, 3.8) is 0 Å². The molecule has 1 aromatic heterocycles. The molecule has 130 valence electrons. The second-order valence-electron chi connectivity index (χ2n) is 6.20. The van der Waals surface area contributed by atoms with Gasteiger partial charge in [-0.2, -0.15) is 0 Å². The fourth-order valence-electron chi connectivity index (χ4n) is 3.09. The van der Waals surface area contributed by atoms with Crippen molar-refractivity contribution in [3.05, 3.63) is 78.2 Å². The molecule has 1 aliphatic heterocycles. The van der Waals surface area contributed by atoms with Crippen molar-refractivity contribution in [2.45, 2.75) is 10.8 Å². The molecule has 0 spiro atoms. The summed E-state index contributed by atoms with van der Waals surface area (Å²) in [5, 5.41) is 0.991. The average molecular weight is 365 g/mol. The second kappa shape index (κ2) is 6.07. The summed E-state index contributed by atoms with van der Waals surface area (Å²) >= 11 is 0. The largest absolute Gasteiger partial charge is 0.433 e. The molecule has 0 N–H and O–H groups in total. The Morgan fingerprint density at radius 3 is 2.54 bits per heavy atom. The number of nitrogens with zero attached hydrogens (tertiary/aromatic N) is 1. The van der Waals surface area contributed by atoms with Crippen LogP contribution >= 0.6 is 0 Å². The molecule has 4 rings (SSSR count). The minimum absolute atomic E-state index is 0.235. The Hall–Kier alpha value is -2.99. The van der Waals surface area contributed by atoms with Crippen LogP contribution in [0.2, 0.25) is 0 Å². The van der Waals surface area contributed by atoms with E-state index in [9.17, 15) is 13.2 Å². The molecule has 0 amide bonds. The van der Waals surface area contributed by atoms with Crippen molar-refractivity contribution in [1.82, 2.24) is 4.98 Å². The summed E-state index contributed by atoms with van der Waals surface area (Å²) in [6.45, 7) is 0. The first-order valence-corrected chi connectivity index (χ1v) is 9.88. The lowest BCUT2D eigenvalue weighted by atomic mass is 9.88. The van der Waals surface area contributed by atoms with Crippen LogP contribution in [0, 0.1) is 0 Å². The van der Waals surface area contributed by atoms with Gasteiger partial charge in [-0.1, -0.05) is 30.3 Å². The number of cyclic esters (lactones) is 1. The van der Waals surface area contributed by atoms with Crippen LogP contribution in [0.15, 0.2) is 72.0 Å². The number of sulfone groups is 1. The summed E-state index contributed by atoms with van der Waals surface area (Å²) < 4.78 is 28.4. The third-order valence-electron chi connectivity index (χ3n) is 4.43. The van der Waals surface area contributed by atoms with E-state index in [0.29, 0.717) is 5.57 Å². The van der Waals surface area contributed by atoms with Gasteiger partial charge < -0.3 is 4.74 Å². The van der Waals surface area contributed by atoms with Gasteiger partial charge in [0, 0.05) is 23.4 Å². The normalized spacial score (nSPS) is 17.2. The van der Waals surface area contributed by atoms with Gasteiger partial charge in [0.2, 0.25) is 0 Å². The Kier molecular flexibility index (Phi) is 3.85. The molecule has 0 saturated carbocycles. The zero-order valence-corrected chi connectivity index (χ0v) is 14.7. The average Bonchev–Trinajstić information content (AvgIpc) is 3.02. The summed E-state index contributed by atoms with van der Waals surface area (Å²) in [5.74, 6) is -0.923. The summed E-state index contributed by atoms with van der Waals surface area (Å²) in [4.78, 5) is 16.9. The number of benzene rings is 2. The number of carbonyl (C=O) groups is 1. The number of hydrogen-bond acceptors (Lipinski definition) is 5. The molecule has 0 bridgehead atoms. The summed E-state index contributed by atoms with van der Waals surface area (Å²) in [7, 11) is -3.27. The van der Waals surface area contributed by atoms with Crippen LogP contribution < -0.4 is 0 Å². The maximum Gasteiger partial charge on any atom is 0.322 e. The van der Waals surface area contributed by atoms with Crippen LogP contribution in [0.3, 0.4) is 0 Å². The lowest BCUT2D eigenvalue weighted by Crippen LogP contribution is -2.09. The monoisotopic (exact) mass is 365 g/mol. The second-order valence-corrected chi connectivity index (χ2v) is 8.21. The summed E-state index contributed by atoms with van der Waals surface area (Å²) in [5.41, 5.74) is 3.04. The van der Waals surface area contributed by atoms with Gasteiger partial charge in [-0.3, -0.25) is 9.78 Å². The molecule has 1 unspecified atom stereocenters. The lowest BCUT2D eigenvalue weighted by Gasteiger charge is -2.13. The molecule has 0 aliphatic carbocycles. The van der Waals surface area contributed by atoms with E-state index in [1.807, 2.05) is 30.3 Å². The molecule has 5 nitrogen and oxygen atoms in total. The molecule has 0 fully saturated rings. The molecule has 26 heavy (non-hydrogen) atoms. The van der Waals surface area contributed by atoms with Crippen LogP contribution in [-0.4, -0.2) is 25.6 Å². The summed E-state index contributed by atoms with van der Waals surface area (Å²) in [6.07, 6.45) is 4.30. The highest BCUT2D eigenvalue weighted by Crippen LogP contribution is 2.38. The topological polar surface area (TPSA) is 73.3 Å². The number of hydrogen-bond donors (Lipinski definition) is 0. The third-order valence-corrected chi connectivity index (χ3v) is 5.56. The molecule has 1 aliphatic rings. The number of fused-ring (bicyclic) bond motifs is 1. The molecule has 2 aromatic carbocycles. The number of carbonyl (C=O) groups excluding carboxylic acids is 1. The van der Waals surface area contributed by atoms with Crippen LogP contribution in [0.1, 0.15) is 17.0 Å². The molecule has 0 radical (unpaired) electrons. The fraction of sp³-hybridized carbons (Fsp3) is 0.100. The van der Waals surface area contributed by atoms with Gasteiger partial charge in [0.15, 0.2) is 9.84 Å². The smallest absolute Gasteiger partial charge is 0.322 e. The zero-order valence-electron chi connectivity index (χ0n) is 13.9. The van der Waals surface area contributed by atoms with Gasteiger partial charge in [0.05, 0.1) is 16.7 Å². The molecule has 1 atom stereocenters. The fourth-order valence-corrected chi connectivity index (χ4v) is 3.72. The van der Waals surface area contributed by atoms with Crippen molar-refractivity contribution in [3.8, 4) is 0 Å². The first-order chi connectivity index (χ1) is 12.4. The maximum absolute atomic E-state index is 12.3. The molecule has 6 heteroatoms. The van der Waals surface area contributed by atoms with Gasteiger partial charge in [0.1, 0.15) is 5.92 Å². The van der Waals surface area contributed by atoms with Crippen LogP contribution in [0.5, 0.6) is 0 Å². The summed E-state index contributed by atoms with van der Waals surface area (Å²) in [6, 6.07) is 16.0. The highest BCUT2D eigenvalue weighted by molar-refractivity contribution is 7.90. The SMILES string of the molecule is CS(=O)(=O)c1ccc(C2=COC(=O)C2c2ccc3cccnc3c2)cc1. The van der Waals surface area contributed by atoms with Gasteiger partial charge in [-0.15, -0.1) is 0 Å². The molecular formula is C20H15NO4S. The number of aromatic nitrogens is 1. The number of ether oxygens (including phenoxy) is 1. The van der Waals surface area contributed by atoms with E-state index in [0.717, 1.165) is 28.3 Å². The van der Waals surface area contributed by atoms with Gasteiger partial charge in [0.25, 0.3) is 0 Å². The number of rotatable bonds is 3. The highest BCUT2D eigenvalue weighted by atomic mass is 32.2. The maximum atomic E-state index is 12.3. The molecular weight excluding hydrogens is 350 g/mol. The van der Waals surface area contributed by atoms with Crippen LogP contribution in [-0.2, 0) is 19.4 Å². The Bertz CT molecular complexity index is 1150. The Balaban J connectivity index is 1.75. The van der Waals surface area contributed by atoms with E-state index in [1.165, 1.54) is 18.4 Å². The standard InChI is InChI=1S/C20H15NO4S/c1-26(23,24)16-8-6-13(7-9-16)17-12-25-20(22)19(17)15-5-4-14-3-2-10-21-18(14)11-15/h2-12,19H,1H3. The predicted octanol–water partition coefficient (Wildman–Crippen LogP) is 3.32. The Morgan fingerprint density at radius 2 is 1.81 bits per heavy atom. The van der Waals surface area contributed by atoms with Crippen molar-refractivity contribution in [1.29, 1.82) is 0 Å². The van der Waals surface area contributed by atoms with Crippen molar-refractivity contribution >= 4 is 32.3 Å². The Labute approximate surface area is 150 Å². The van der Waals surface area contributed by atoms with Crippen molar-refractivity contribution in [2.24, 2.45) is 0 Å². The van der Waals surface area contributed by atoms with E-state index >= 15 is 0 Å². The van der Waals surface area contributed by atoms with Crippen molar-refractivity contribution < 1.29 is 17.9 Å². The number of pyridine rings is 1. The molecule has 2 heterocycles. The first kappa shape index (κ1) is 16.5. The molecule has 3 aromatic rings. The molecule has 0 saturated heterocycles. The highest BCUT2D eigenvalue weighted by Gasteiger charge is 2.33. The van der Waals surface area contributed by atoms with E-state index in [2.05, 4.69) is 4.98 Å². The van der Waals surface area contributed by atoms with Crippen LogP contribution in [0.25, 0.3) is 16.5 Å². The van der Waals surface area contributed by atoms with E-state index < -0.39 is 15.8 Å². The van der Waals surface area contributed by atoms with E-state index in [-0.39, 0.29) is 10.9 Å². The van der Waals surface area contributed by atoms with Crippen LogP contribution in [0.4, 0.5) is 0 Å². The van der Waals surface area contributed by atoms with Gasteiger partial charge in [-0.05, 0) is 35.4 Å². The lowest BCUT2D eigenvalue weighted by molar-refractivity contribution is -0.136. The third kappa shape index (κ3) is 2.88. The predicted molar refractivity (Wildman–Crippen MR) is 98.1 cm³/mol. The Morgan fingerprint density at radius 1 is 1.04 bits per heavy atom. The van der Waals surface area contributed by atoms with Gasteiger partial charge >= 0.3 is 5.97 Å². The van der Waals surface area contributed by atoms with E-state index in [1.54, 1.807) is 18.3 Å². The van der Waals surface area contributed by atoms with Crippen molar-refractivity contribution in [2.75, 3.05) is 6.26 Å².